The van der Waals surface area contributed by atoms with E-state index in [0.717, 1.165) is 0 Å². The number of carbonyl (C=O) groups excluding carboxylic acids is 1. The van der Waals surface area contributed by atoms with E-state index in [1.165, 1.54) is 12.1 Å². The maximum absolute atomic E-state index is 13.4. The maximum Gasteiger partial charge on any atom is 0.242 e. The second kappa shape index (κ2) is 8.51. The number of halogens is 1. The number of aromatic nitrogens is 2. The van der Waals surface area contributed by atoms with Crippen molar-refractivity contribution in [3.05, 3.63) is 47.4 Å². The minimum absolute atomic E-state index is 0.134. The number of amides is 1. The van der Waals surface area contributed by atoms with Gasteiger partial charge in [0.05, 0.1) is 19.6 Å². The van der Waals surface area contributed by atoms with Gasteiger partial charge in [-0.15, -0.1) is 0 Å². The van der Waals surface area contributed by atoms with E-state index >= 15 is 0 Å². The number of nitrogens with zero attached hydrogens (tertiary/aromatic N) is 3. The average molecular weight is 336 g/mol. The first-order valence-electron chi connectivity index (χ1n) is 7.51. The first-order chi connectivity index (χ1) is 11.5. The van der Waals surface area contributed by atoms with Crippen LogP contribution in [0.5, 0.6) is 0 Å². The third-order valence-corrected chi connectivity index (χ3v) is 3.38. The lowest BCUT2D eigenvalue weighted by Gasteiger charge is -2.23. The lowest BCUT2D eigenvalue weighted by atomic mass is 10.1. The molecule has 0 saturated carbocycles. The number of likely N-dealkylation sites (N-methyl/N-ethyl adjacent to an activating group) is 1. The lowest BCUT2D eigenvalue weighted by Crippen LogP contribution is -2.37. The number of methoxy groups -OCH3 is 1. The van der Waals surface area contributed by atoms with Crippen molar-refractivity contribution < 1.29 is 18.4 Å². The fourth-order valence-electron chi connectivity index (χ4n) is 2.28. The van der Waals surface area contributed by atoms with Crippen LogP contribution in [-0.4, -0.2) is 48.8 Å². The van der Waals surface area contributed by atoms with Crippen molar-refractivity contribution in [2.24, 2.45) is 0 Å². The second-order valence-corrected chi connectivity index (χ2v) is 5.49. The first-order valence-corrected chi connectivity index (χ1v) is 7.51. The van der Waals surface area contributed by atoms with Gasteiger partial charge < -0.3 is 14.6 Å². The molecule has 1 N–H and O–H groups in total. The number of carbonyl (C=O) groups is 1. The predicted molar refractivity (Wildman–Crippen MR) is 84.6 cm³/mol. The van der Waals surface area contributed by atoms with Crippen LogP contribution >= 0.6 is 0 Å². The molecule has 0 bridgehead atoms. The van der Waals surface area contributed by atoms with Gasteiger partial charge in [-0.3, -0.25) is 9.69 Å². The van der Waals surface area contributed by atoms with Gasteiger partial charge in [0, 0.05) is 7.11 Å². The summed E-state index contributed by atoms with van der Waals surface area (Å²) in [6.45, 7) is 0.616. The highest BCUT2D eigenvalue weighted by Crippen LogP contribution is 2.19. The smallest absolute Gasteiger partial charge is 0.242 e. The van der Waals surface area contributed by atoms with Gasteiger partial charge in [-0.1, -0.05) is 17.3 Å². The molecule has 130 valence electrons. The number of hydrogen-bond donors (Lipinski definition) is 1. The third kappa shape index (κ3) is 4.84. The first kappa shape index (κ1) is 18.0. The van der Waals surface area contributed by atoms with Gasteiger partial charge in [0.15, 0.2) is 5.82 Å². The Labute approximate surface area is 139 Å². The van der Waals surface area contributed by atoms with Crippen LogP contribution in [0.3, 0.4) is 0 Å². The third-order valence-electron chi connectivity index (χ3n) is 3.38. The molecule has 2 rings (SSSR count). The van der Waals surface area contributed by atoms with Gasteiger partial charge in [0.1, 0.15) is 11.9 Å². The van der Waals surface area contributed by atoms with Crippen molar-refractivity contribution in [3.8, 4) is 0 Å². The Bertz CT molecular complexity index is 675. The molecular formula is C16H21FN4O3. The summed E-state index contributed by atoms with van der Waals surface area (Å²) in [6, 6.07) is 5.37. The lowest BCUT2D eigenvalue weighted by molar-refractivity contribution is -0.126. The quantitative estimate of drug-likeness (QED) is 0.783. The molecule has 0 aliphatic heterocycles. The summed E-state index contributed by atoms with van der Waals surface area (Å²) in [5.74, 6) is 0.184. The largest absolute Gasteiger partial charge is 0.384 e. The van der Waals surface area contributed by atoms with E-state index < -0.39 is 6.04 Å². The molecule has 0 radical (unpaired) electrons. The number of benzene rings is 1. The second-order valence-electron chi connectivity index (χ2n) is 5.49. The highest BCUT2D eigenvalue weighted by Gasteiger charge is 2.23. The normalized spacial score (nSPS) is 12.4. The summed E-state index contributed by atoms with van der Waals surface area (Å²) >= 11 is 0. The standard InChI is InChI=1S/C16H21FN4O3/c1-21(2)15(11-5-4-6-12(17)9-11)16(22)18-10-13-19-14(24-20-13)7-8-23-3/h4-6,9,15H,7-8,10H2,1-3H3,(H,18,22)/t15-/m1/s1. The Balaban J connectivity index is 1.99. The van der Waals surface area contributed by atoms with E-state index in [1.54, 1.807) is 38.2 Å². The Morgan fingerprint density at radius 1 is 1.46 bits per heavy atom. The van der Waals surface area contributed by atoms with E-state index in [4.69, 9.17) is 9.26 Å². The van der Waals surface area contributed by atoms with Crippen molar-refractivity contribution >= 4 is 5.91 Å². The molecule has 8 heteroatoms. The van der Waals surface area contributed by atoms with Crippen molar-refractivity contribution in [1.29, 1.82) is 0 Å². The zero-order chi connectivity index (χ0) is 17.5. The van der Waals surface area contributed by atoms with Gasteiger partial charge >= 0.3 is 0 Å². The molecule has 2 aromatic rings. The average Bonchev–Trinajstić information content (AvgIpc) is 2.99. The number of nitrogens with one attached hydrogen (secondary N) is 1. The summed E-state index contributed by atoms with van der Waals surface area (Å²) in [5, 5.41) is 6.55. The molecule has 7 nitrogen and oxygen atoms in total. The fraction of sp³-hybridized carbons (Fsp3) is 0.438. The number of ether oxygens (including phenoxy) is 1. The molecule has 0 aliphatic carbocycles. The van der Waals surface area contributed by atoms with E-state index in [9.17, 15) is 9.18 Å². The topological polar surface area (TPSA) is 80.5 Å². The van der Waals surface area contributed by atoms with Crippen molar-refractivity contribution in [3.63, 3.8) is 0 Å². The van der Waals surface area contributed by atoms with E-state index in [0.29, 0.717) is 30.3 Å². The van der Waals surface area contributed by atoms with Crippen molar-refractivity contribution in [2.75, 3.05) is 27.8 Å². The molecule has 0 unspecified atom stereocenters. The van der Waals surface area contributed by atoms with Crippen LogP contribution in [0.4, 0.5) is 4.39 Å². The Morgan fingerprint density at radius 3 is 2.92 bits per heavy atom. The van der Waals surface area contributed by atoms with Gasteiger partial charge in [-0.2, -0.15) is 4.98 Å². The van der Waals surface area contributed by atoms with E-state index in [-0.39, 0.29) is 18.3 Å². The molecule has 1 amide bonds. The Morgan fingerprint density at radius 2 is 2.25 bits per heavy atom. The molecule has 0 spiro atoms. The predicted octanol–water partition coefficient (Wildman–Crippen LogP) is 1.32. The zero-order valence-corrected chi connectivity index (χ0v) is 14.0. The van der Waals surface area contributed by atoms with Gasteiger partial charge in [-0.05, 0) is 31.8 Å². The van der Waals surface area contributed by atoms with Crippen LogP contribution in [0, 0.1) is 5.82 Å². The molecular weight excluding hydrogens is 315 g/mol. The zero-order valence-electron chi connectivity index (χ0n) is 14.0. The number of hydrogen-bond acceptors (Lipinski definition) is 6. The van der Waals surface area contributed by atoms with E-state index in [2.05, 4.69) is 15.5 Å². The van der Waals surface area contributed by atoms with Crippen LogP contribution < -0.4 is 5.32 Å². The van der Waals surface area contributed by atoms with Crippen LogP contribution in [0.25, 0.3) is 0 Å². The van der Waals surface area contributed by atoms with Gasteiger partial charge in [-0.25, -0.2) is 4.39 Å². The van der Waals surface area contributed by atoms with Crippen LogP contribution in [0.2, 0.25) is 0 Å². The SMILES string of the molecule is COCCc1nc(CNC(=O)[C@@H](c2cccc(F)c2)N(C)C)no1. The molecule has 1 aromatic carbocycles. The molecule has 1 aromatic heterocycles. The summed E-state index contributed by atoms with van der Waals surface area (Å²) in [6.07, 6.45) is 0.515. The molecule has 1 atom stereocenters. The molecule has 1 heterocycles. The number of rotatable bonds is 8. The van der Waals surface area contributed by atoms with Crippen LogP contribution in [0.1, 0.15) is 23.3 Å². The van der Waals surface area contributed by atoms with Crippen LogP contribution in [-0.2, 0) is 22.5 Å². The molecule has 0 fully saturated rings. The summed E-state index contributed by atoms with van der Waals surface area (Å²) in [4.78, 5) is 18.3. The summed E-state index contributed by atoms with van der Waals surface area (Å²) < 4.78 is 23.4. The summed E-state index contributed by atoms with van der Waals surface area (Å²) in [7, 11) is 5.10. The minimum atomic E-state index is -0.611. The van der Waals surface area contributed by atoms with Crippen molar-refractivity contribution in [1.82, 2.24) is 20.4 Å². The monoisotopic (exact) mass is 336 g/mol. The van der Waals surface area contributed by atoms with Gasteiger partial charge in [0.25, 0.3) is 0 Å². The molecule has 0 saturated heterocycles. The molecule has 0 aliphatic rings. The highest BCUT2D eigenvalue weighted by molar-refractivity contribution is 5.83. The van der Waals surface area contributed by atoms with Crippen LogP contribution in [0.15, 0.2) is 28.8 Å². The Hall–Kier alpha value is -2.32. The van der Waals surface area contributed by atoms with Crippen molar-refractivity contribution in [2.45, 2.75) is 19.0 Å². The minimum Gasteiger partial charge on any atom is -0.384 e. The fourth-order valence-corrected chi connectivity index (χ4v) is 2.28. The molecule has 24 heavy (non-hydrogen) atoms. The maximum atomic E-state index is 13.4. The van der Waals surface area contributed by atoms with E-state index in [1.807, 2.05) is 0 Å². The van der Waals surface area contributed by atoms with Gasteiger partial charge in [0.2, 0.25) is 11.8 Å². The highest BCUT2D eigenvalue weighted by atomic mass is 19.1. The Kier molecular flexibility index (Phi) is 6.39. The summed E-state index contributed by atoms with van der Waals surface area (Å²) in [5.41, 5.74) is 0.575.